The number of carbonyl (C=O) groups is 2. The summed E-state index contributed by atoms with van der Waals surface area (Å²) in [4.78, 5) is 27.7. The minimum atomic E-state index is -3.86. The largest absolute Gasteiger partial charge is 0.352 e. The van der Waals surface area contributed by atoms with Gasteiger partial charge in [0.1, 0.15) is 12.6 Å². The molecule has 0 unspecified atom stereocenters. The zero-order chi connectivity index (χ0) is 25.5. The lowest BCUT2D eigenvalue weighted by Gasteiger charge is -2.32. The van der Waals surface area contributed by atoms with Gasteiger partial charge in [0.2, 0.25) is 21.8 Å². The molecule has 2 aromatic rings. The summed E-state index contributed by atoms with van der Waals surface area (Å²) in [6.07, 6.45) is 2.25. The van der Waals surface area contributed by atoms with E-state index in [2.05, 4.69) is 5.32 Å². The van der Waals surface area contributed by atoms with Crippen LogP contribution in [0.15, 0.2) is 48.5 Å². The first-order valence-corrected chi connectivity index (χ1v) is 13.6. The zero-order valence-corrected chi connectivity index (χ0v) is 22.1. The Hall–Kier alpha value is -2.29. The van der Waals surface area contributed by atoms with E-state index in [1.54, 1.807) is 6.92 Å². The van der Waals surface area contributed by atoms with Crippen molar-refractivity contribution in [2.24, 2.45) is 0 Å². The minimum absolute atomic E-state index is 0.0542. The summed E-state index contributed by atoms with van der Waals surface area (Å²) in [6, 6.07) is 13.1. The molecule has 0 saturated carbocycles. The van der Waals surface area contributed by atoms with Crippen molar-refractivity contribution in [3.8, 4) is 0 Å². The highest BCUT2D eigenvalue weighted by molar-refractivity contribution is 7.92. The molecular formula is C24H31Cl2N3O4S. The zero-order valence-electron chi connectivity index (χ0n) is 19.8. The van der Waals surface area contributed by atoms with Crippen molar-refractivity contribution in [2.75, 3.05) is 23.7 Å². The van der Waals surface area contributed by atoms with Gasteiger partial charge >= 0.3 is 0 Å². The highest BCUT2D eigenvalue weighted by Crippen LogP contribution is 2.30. The lowest BCUT2D eigenvalue weighted by atomic mass is 10.1. The summed E-state index contributed by atoms with van der Waals surface area (Å²) in [7, 11) is -3.86. The molecule has 0 heterocycles. The molecule has 0 aliphatic heterocycles. The Kier molecular flexibility index (Phi) is 10.2. The predicted octanol–water partition coefficient (Wildman–Crippen LogP) is 4.13. The molecule has 2 amide bonds. The average molecular weight is 529 g/mol. The monoisotopic (exact) mass is 527 g/mol. The van der Waals surface area contributed by atoms with E-state index in [1.807, 2.05) is 44.2 Å². The molecule has 0 radical (unpaired) electrons. The fourth-order valence-electron chi connectivity index (χ4n) is 3.31. The lowest BCUT2D eigenvalue weighted by Crippen LogP contribution is -2.53. The van der Waals surface area contributed by atoms with Gasteiger partial charge in [0.15, 0.2) is 0 Å². The maximum Gasteiger partial charge on any atom is 0.244 e. The molecule has 10 heteroatoms. The Morgan fingerprint density at radius 2 is 1.71 bits per heavy atom. The molecule has 0 aromatic heterocycles. The molecule has 34 heavy (non-hydrogen) atoms. The van der Waals surface area contributed by atoms with Gasteiger partial charge < -0.3 is 10.2 Å². The highest BCUT2D eigenvalue weighted by Gasteiger charge is 2.30. The smallest absolute Gasteiger partial charge is 0.244 e. The van der Waals surface area contributed by atoms with Gasteiger partial charge in [-0.1, -0.05) is 60.5 Å². The second-order valence-electron chi connectivity index (χ2n) is 8.18. The fraction of sp³-hybridized carbons (Fsp3) is 0.417. The predicted molar refractivity (Wildman–Crippen MR) is 138 cm³/mol. The maximum absolute atomic E-state index is 13.4. The van der Waals surface area contributed by atoms with Crippen LogP contribution >= 0.6 is 23.2 Å². The van der Waals surface area contributed by atoms with Gasteiger partial charge in [0.05, 0.1) is 17.0 Å². The van der Waals surface area contributed by atoms with Crippen LogP contribution in [-0.2, 0) is 26.0 Å². The number of nitrogens with zero attached hydrogens (tertiary/aromatic N) is 2. The van der Waals surface area contributed by atoms with E-state index in [1.165, 1.54) is 23.1 Å². The van der Waals surface area contributed by atoms with Gasteiger partial charge in [0, 0.05) is 17.6 Å². The number of benzene rings is 2. The number of carbonyl (C=O) groups excluding carboxylic acids is 2. The second kappa shape index (κ2) is 12.4. The Bertz CT molecular complexity index is 1100. The lowest BCUT2D eigenvalue weighted by molar-refractivity contribution is -0.139. The molecule has 2 aromatic carbocycles. The minimum Gasteiger partial charge on any atom is -0.352 e. The number of amides is 2. The van der Waals surface area contributed by atoms with E-state index < -0.39 is 28.5 Å². The van der Waals surface area contributed by atoms with Crippen molar-refractivity contribution in [1.29, 1.82) is 0 Å². The number of halogens is 2. The van der Waals surface area contributed by atoms with Crippen LogP contribution in [0, 0.1) is 0 Å². The van der Waals surface area contributed by atoms with Crippen LogP contribution in [0.4, 0.5) is 5.69 Å². The highest BCUT2D eigenvalue weighted by atomic mass is 35.5. The van der Waals surface area contributed by atoms with E-state index in [9.17, 15) is 18.0 Å². The van der Waals surface area contributed by atoms with E-state index in [0.29, 0.717) is 11.4 Å². The van der Waals surface area contributed by atoms with Gasteiger partial charge in [-0.25, -0.2) is 8.42 Å². The molecule has 0 saturated heterocycles. The van der Waals surface area contributed by atoms with Gasteiger partial charge in [-0.05, 0) is 50.5 Å². The summed E-state index contributed by atoms with van der Waals surface area (Å²) in [5, 5.41) is 3.34. The average Bonchev–Trinajstić information content (AvgIpc) is 2.77. The third-order valence-electron chi connectivity index (χ3n) is 5.51. The van der Waals surface area contributed by atoms with Crippen molar-refractivity contribution < 1.29 is 18.0 Å². The Balaban J connectivity index is 2.34. The number of anilines is 1. The van der Waals surface area contributed by atoms with E-state index >= 15 is 0 Å². The van der Waals surface area contributed by atoms with Gasteiger partial charge in [0.25, 0.3) is 0 Å². The van der Waals surface area contributed by atoms with Gasteiger partial charge in [-0.3, -0.25) is 13.9 Å². The summed E-state index contributed by atoms with van der Waals surface area (Å²) in [6.45, 7) is 5.21. The maximum atomic E-state index is 13.4. The van der Waals surface area contributed by atoms with Crippen LogP contribution in [0.2, 0.25) is 10.0 Å². The molecule has 0 spiro atoms. The Morgan fingerprint density at radius 1 is 1.06 bits per heavy atom. The van der Waals surface area contributed by atoms with Crippen LogP contribution in [0.5, 0.6) is 0 Å². The SMILES string of the molecule is CC[C@@H](C)NC(=O)[C@H](C)N(CCc1ccccc1)C(=O)CN(c1ccc(Cl)cc1Cl)S(C)(=O)=O. The number of hydrogen-bond donors (Lipinski definition) is 1. The van der Waals surface area contributed by atoms with Crippen molar-refractivity contribution in [3.05, 3.63) is 64.1 Å². The topological polar surface area (TPSA) is 86.8 Å². The normalized spacial score (nSPS) is 13.1. The fourth-order valence-corrected chi connectivity index (χ4v) is 4.74. The van der Waals surface area contributed by atoms with E-state index in [4.69, 9.17) is 23.2 Å². The first-order valence-electron chi connectivity index (χ1n) is 11.0. The van der Waals surface area contributed by atoms with Crippen LogP contribution in [-0.4, -0.2) is 56.6 Å². The summed E-state index contributed by atoms with van der Waals surface area (Å²) in [5.41, 5.74) is 1.14. The van der Waals surface area contributed by atoms with Crippen molar-refractivity contribution in [1.82, 2.24) is 10.2 Å². The first-order chi connectivity index (χ1) is 15.9. The van der Waals surface area contributed by atoms with Gasteiger partial charge in [-0.15, -0.1) is 0 Å². The summed E-state index contributed by atoms with van der Waals surface area (Å²) in [5.74, 6) is -0.814. The quantitative estimate of drug-likeness (QED) is 0.475. The summed E-state index contributed by atoms with van der Waals surface area (Å²) < 4.78 is 26.1. The van der Waals surface area contributed by atoms with E-state index in [-0.39, 0.29) is 29.2 Å². The first kappa shape index (κ1) is 28.0. The van der Waals surface area contributed by atoms with Crippen molar-refractivity contribution in [2.45, 2.75) is 45.7 Å². The Labute approximate surface area is 212 Å². The molecule has 0 bridgehead atoms. The second-order valence-corrected chi connectivity index (χ2v) is 10.9. The molecule has 0 fully saturated rings. The molecule has 1 N–H and O–H groups in total. The van der Waals surface area contributed by atoms with Crippen LogP contribution in [0.1, 0.15) is 32.8 Å². The summed E-state index contributed by atoms with van der Waals surface area (Å²) >= 11 is 12.2. The number of hydrogen-bond acceptors (Lipinski definition) is 4. The molecular weight excluding hydrogens is 497 g/mol. The molecule has 0 aliphatic carbocycles. The molecule has 2 atom stereocenters. The van der Waals surface area contributed by atoms with E-state index in [0.717, 1.165) is 22.5 Å². The van der Waals surface area contributed by atoms with Crippen LogP contribution in [0.25, 0.3) is 0 Å². The van der Waals surface area contributed by atoms with Gasteiger partial charge in [-0.2, -0.15) is 0 Å². The van der Waals surface area contributed by atoms with Crippen molar-refractivity contribution in [3.63, 3.8) is 0 Å². The number of nitrogens with one attached hydrogen (secondary N) is 1. The number of rotatable bonds is 11. The van der Waals surface area contributed by atoms with Crippen LogP contribution < -0.4 is 9.62 Å². The third kappa shape index (κ3) is 7.89. The van der Waals surface area contributed by atoms with Crippen LogP contribution in [0.3, 0.4) is 0 Å². The molecule has 2 rings (SSSR count). The third-order valence-corrected chi connectivity index (χ3v) is 7.17. The Morgan fingerprint density at radius 3 is 2.26 bits per heavy atom. The standard InChI is InChI=1S/C24H31Cl2N3O4S/c1-5-17(2)27-24(31)18(3)28(14-13-19-9-7-6-8-10-19)23(30)16-29(34(4,32)33)22-12-11-20(25)15-21(22)26/h6-12,15,17-18H,5,13-14,16H2,1-4H3,(H,27,31)/t17-,18+/m1/s1. The molecule has 0 aliphatic rings. The molecule has 186 valence electrons. The molecule has 7 nitrogen and oxygen atoms in total. The number of sulfonamides is 1. The van der Waals surface area contributed by atoms with Crippen molar-refractivity contribution >= 4 is 50.7 Å².